The molecule has 5 aromatic rings. The standard InChI is InChI=1S/C30H26N4OS/c1-35-25-15-11-21(12-16-25)20-34-29(28(32-30(34)36)26-9-4-5-17-31-26)27-10-6-18-33(27)24-14-13-22-7-2-3-8-23(22)19-24/h2-19,28-29H,20H2,1H3,(H,32,36)/t28-,29-/m0/s1. The van der Waals surface area contributed by atoms with E-state index < -0.39 is 0 Å². The van der Waals surface area contributed by atoms with Crippen molar-refractivity contribution in [2.75, 3.05) is 7.11 Å². The van der Waals surface area contributed by atoms with Crippen LogP contribution >= 0.6 is 12.2 Å². The van der Waals surface area contributed by atoms with Crippen molar-refractivity contribution in [3.05, 3.63) is 126 Å². The summed E-state index contributed by atoms with van der Waals surface area (Å²) in [5.41, 5.74) is 4.40. The van der Waals surface area contributed by atoms with Gasteiger partial charge in [-0.15, -0.1) is 0 Å². The second kappa shape index (κ2) is 9.47. The van der Waals surface area contributed by atoms with E-state index in [1.807, 2.05) is 30.5 Å². The molecule has 2 aromatic heterocycles. The van der Waals surface area contributed by atoms with Crippen LogP contribution in [0.4, 0.5) is 0 Å². The highest BCUT2D eigenvalue weighted by Gasteiger charge is 2.41. The van der Waals surface area contributed by atoms with Crippen LogP contribution in [0, 0.1) is 0 Å². The molecule has 3 aromatic carbocycles. The van der Waals surface area contributed by atoms with Gasteiger partial charge in [-0.1, -0.05) is 48.5 Å². The van der Waals surface area contributed by atoms with E-state index >= 15 is 0 Å². The molecule has 2 atom stereocenters. The van der Waals surface area contributed by atoms with Crippen LogP contribution < -0.4 is 10.1 Å². The summed E-state index contributed by atoms with van der Waals surface area (Å²) in [6, 6.07) is 33.4. The van der Waals surface area contributed by atoms with Gasteiger partial charge in [0.05, 0.1) is 24.9 Å². The summed E-state index contributed by atoms with van der Waals surface area (Å²) in [5, 5.41) is 6.73. The topological polar surface area (TPSA) is 42.3 Å². The molecule has 0 bridgehead atoms. The minimum Gasteiger partial charge on any atom is -0.497 e. The minimum atomic E-state index is -0.0777. The SMILES string of the molecule is COc1ccc(CN2C(=S)N[C@@H](c3ccccn3)[C@@H]2c2cccn2-c2ccc3ccccc3c2)cc1. The summed E-state index contributed by atoms with van der Waals surface area (Å²) < 4.78 is 7.61. The largest absolute Gasteiger partial charge is 0.497 e. The fourth-order valence-corrected chi connectivity index (χ4v) is 5.33. The van der Waals surface area contributed by atoms with Crippen molar-refractivity contribution in [3.8, 4) is 11.4 Å². The lowest BCUT2D eigenvalue weighted by molar-refractivity contribution is 0.302. The molecule has 178 valence electrons. The zero-order chi connectivity index (χ0) is 24.5. The number of rotatable bonds is 6. The second-order valence-electron chi connectivity index (χ2n) is 8.94. The first kappa shape index (κ1) is 22.3. The first-order valence-electron chi connectivity index (χ1n) is 12.0. The van der Waals surface area contributed by atoms with E-state index in [1.165, 1.54) is 10.8 Å². The minimum absolute atomic E-state index is 0.0454. The van der Waals surface area contributed by atoms with Gasteiger partial charge < -0.3 is 19.5 Å². The fraction of sp³-hybridized carbons (Fsp3) is 0.133. The molecule has 0 unspecified atom stereocenters. The summed E-state index contributed by atoms with van der Waals surface area (Å²) >= 11 is 5.89. The zero-order valence-electron chi connectivity index (χ0n) is 19.9. The van der Waals surface area contributed by atoms with Gasteiger partial charge in [0.2, 0.25) is 0 Å². The van der Waals surface area contributed by atoms with E-state index in [4.69, 9.17) is 17.0 Å². The van der Waals surface area contributed by atoms with Crippen molar-refractivity contribution in [1.29, 1.82) is 0 Å². The maximum absolute atomic E-state index is 5.89. The van der Waals surface area contributed by atoms with Crippen LogP contribution in [0.1, 0.15) is 29.0 Å². The third-order valence-corrected chi connectivity index (χ3v) is 7.16. The highest BCUT2D eigenvalue weighted by molar-refractivity contribution is 7.80. The van der Waals surface area contributed by atoms with Gasteiger partial charge in [0.15, 0.2) is 5.11 Å². The summed E-state index contributed by atoms with van der Waals surface area (Å²) in [7, 11) is 1.68. The van der Waals surface area contributed by atoms with Crippen LogP contribution in [0.3, 0.4) is 0 Å². The molecule has 1 fully saturated rings. The molecule has 0 spiro atoms. The van der Waals surface area contributed by atoms with Crippen LogP contribution in [0.2, 0.25) is 0 Å². The predicted octanol–water partition coefficient (Wildman–Crippen LogP) is 6.21. The predicted molar refractivity (Wildman–Crippen MR) is 147 cm³/mol. The van der Waals surface area contributed by atoms with Crippen molar-refractivity contribution in [2.24, 2.45) is 0 Å². The van der Waals surface area contributed by atoms with E-state index in [0.717, 1.165) is 33.5 Å². The van der Waals surface area contributed by atoms with Crippen molar-refractivity contribution < 1.29 is 4.74 Å². The normalized spacial score (nSPS) is 17.4. The summed E-state index contributed by atoms with van der Waals surface area (Å²) in [5.74, 6) is 0.842. The molecule has 6 rings (SSSR count). The molecule has 0 saturated carbocycles. The van der Waals surface area contributed by atoms with E-state index in [2.05, 4.69) is 98.8 Å². The Hall–Kier alpha value is -4.16. The molecule has 5 nitrogen and oxygen atoms in total. The van der Waals surface area contributed by atoms with Gasteiger partial charge in [-0.3, -0.25) is 4.98 Å². The molecule has 3 heterocycles. The van der Waals surface area contributed by atoms with Crippen LogP contribution in [0.25, 0.3) is 16.5 Å². The van der Waals surface area contributed by atoms with E-state index in [9.17, 15) is 0 Å². The maximum atomic E-state index is 5.89. The number of hydrogen-bond donors (Lipinski definition) is 1. The molecule has 0 radical (unpaired) electrons. The number of ether oxygens (including phenoxy) is 1. The van der Waals surface area contributed by atoms with E-state index in [-0.39, 0.29) is 12.1 Å². The number of hydrogen-bond acceptors (Lipinski definition) is 3. The smallest absolute Gasteiger partial charge is 0.170 e. The molecule has 0 aliphatic carbocycles. The number of benzene rings is 3. The fourth-order valence-electron chi connectivity index (χ4n) is 5.02. The lowest BCUT2D eigenvalue weighted by atomic mass is 10.0. The Bertz CT molecular complexity index is 1510. The van der Waals surface area contributed by atoms with E-state index in [0.29, 0.717) is 6.54 Å². The first-order chi connectivity index (χ1) is 17.7. The van der Waals surface area contributed by atoms with E-state index in [1.54, 1.807) is 7.11 Å². The summed E-state index contributed by atoms with van der Waals surface area (Å²) in [6.07, 6.45) is 3.97. The average molecular weight is 491 g/mol. The monoisotopic (exact) mass is 490 g/mol. The Kier molecular flexibility index (Phi) is 5.87. The number of fused-ring (bicyclic) bond motifs is 1. The third-order valence-electron chi connectivity index (χ3n) is 6.80. The lowest BCUT2D eigenvalue weighted by Gasteiger charge is -2.29. The molecular formula is C30H26N4OS. The van der Waals surface area contributed by atoms with Gasteiger partial charge in [-0.05, 0) is 77.1 Å². The number of thiocarbonyl (C=S) groups is 1. The van der Waals surface area contributed by atoms with Crippen LogP contribution in [-0.4, -0.2) is 26.7 Å². The summed E-state index contributed by atoms with van der Waals surface area (Å²) in [6.45, 7) is 0.673. The maximum Gasteiger partial charge on any atom is 0.170 e. The Morgan fingerprint density at radius 1 is 0.889 bits per heavy atom. The number of aromatic nitrogens is 2. The molecule has 1 aliphatic rings. The number of nitrogens with one attached hydrogen (secondary N) is 1. The van der Waals surface area contributed by atoms with Crippen molar-refractivity contribution in [2.45, 2.75) is 18.6 Å². The quantitative estimate of drug-likeness (QED) is 0.287. The van der Waals surface area contributed by atoms with Crippen molar-refractivity contribution in [3.63, 3.8) is 0 Å². The lowest BCUT2D eigenvalue weighted by Crippen LogP contribution is -2.30. The van der Waals surface area contributed by atoms with Crippen LogP contribution in [0.15, 0.2) is 109 Å². The van der Waals surface area contributed by atoms with Crippen LogP contribution in [-0.2, 0) is 6.54 Å². The van der Waals surface area contributed by atoms with Gasteiger partial charge in [-0.25, -0.2) is 0 Å². The highest BCUT2D eigenvalue weighted by atomic mass is 32.1. The molecule has 36 heavy (non-hydrogen) atoms. The Morgan fingerprint density at radius 3 is 2.47 bits per heavy atom. The first-order valence-corrected chi connectivity index (χ1v) is 12.4. The summed E-state index contributed by atoms with van der Waals surface area (Å²) in [4.78, 5) is 6.96. The second-order valence-corrected chi connectivity index (χ2v) is 9.32. The Balaban J connectivity index is 1.43. The third kappa shape index (κ3) is 4.10. The Labute approximate surface area is 216 Å². The van der Waals surface area contributed by atoms with Gasteiger partial charge in [0.1, 0.15) is 5.75 Å². The van der Waals surface area contributed by atoms with Gasteiger partial charge in [0.25, 0.3) is 0 Å². The van der Waals surface area contributed by atoms with Crippen molar-refractivity contribution >= 4 is 28.1 Å². The highest BCUT2D eigenvalue weighted by Crippen LogP contribution is 2.40. The van der Waals surface area contributed by atoms with Crippen molar-refractivity contribution in [1.82, 2.24) is 19.8 Å². The molecular weight excluding hydrogens is 464 g/mol. The number of methoxy groups -OCH3 is 1. The van der Waals surface area contributed by atoms with Gasteiger partial charge in [0, 0.05) is 30.3 Å². The van der Waals surface area contributed by atoms with Crippen LogP contribution in [0.5, 0.6) is 5.75 Å². The Morgan fingerprint density at radius 2 is 1.69 bits per heavy atom. The average Bonchev–Trinajstić information content (AvgIpc) is 3.54. The number of pyridine rings is 1. The number of nitrogens with zero attached hydrogens (tertiary/aromatic N) is 3. The zero-order valence-corrected chi connectivity index (χ0v) is 20.7. The molecule has 1 aliphatic heterocycles. The molecule has 6 heteroatoms. The molecule has 1 saturated heterocycles. The van der Waals surface area contributed by atoms with Gasteiger partial charge >= 0.3 is 0 Å². The molecule has 0 amide bonds. The van der Waals surface area contributed by atoms with Gasteiger partial charge in [-0.2, -0.15) is 0 Å². The molecule has 1 N–H and O–H groups in total.